The number of nitrogens with one attached hydrogen (secondary N) is 1. The van der Waals surface area contributed by atoms with Crippen LogP contribution in [0.2, 0.25) is 0 Å². The van der Waals surface area contributed by atoms with Gasteiger partial charge in [-0.05, 0) is 114 Å². The molecule has 0 spiro atoms. The van der Waals surface area contributed by atoms with Crippen LogP contribution in [-0.2, 0) is 4.79 Å². The molecule has 2 saturated carbocycles. The van der Waals surface area contributed by atoms with Crippen LogP contribution in [0.25, 0.3) is 10.9 Å². The van der Waals surface area contributed by atoms with Crippen molar-refractivity contribution in [1.29, 1.82) is 0 Å². The van der Waals surface area contributed by atoms with E-state index in [4.69, 9.17) is 0 Å². The smallest absolute Gasteiger partial charge is 0.395 e. The van der Waals surface area contributed by atoms with Gasteiger partial charge in [0.1, 0.15) is 0 Å². The van der Waals surface area contributed by atoms with E-state index < -0.39 is 6.29 Å². The minimum atomic E-state index is -3.66. The SMILES string of the molecule is O=C(CC1C[C@@H]2CC(c3ccnc4ccc(I)cc34)C[C@@H]2C1)Nc1ccc2c(c1)OC(F)(F)O2. The molecule has 6 rings (SSSR count). The molecule has 3 aliphatic rings. The molecule has 2 heterocycles. The standard InChI is InChI=1S/C26H23F2IN2O3/c27-26(28)33-23-4-2-19(13-24(23)34-26)31-25(32)9-14-7-15-10-17(11-16(15)8-14)20-5-6-30-22-3-1-18(29)12-21(20)22/h1-6,12-17H,7-11H2,(H,31,32)/t14?,15-,16+,17?. The van der Waals surface area contributed by atoms with E-state index in [1.165, 1.54) is 26.7 Å². The van der Waals surface area contributed by atoms with Crippen molar-refractivity contribution >= 4 is 45.1 Å². The van der Waals surface area contributed by atoms with Gasteiger partial charge in [-0.2, -0.15) is 0 Å². The van der Waals surface area contributed by atoms with Crippen molar-refractivity contribution in [2.24, 2.45) is 17.8 Å². The van der Waals surface area contributed by atoms with Crippen molar-refractivity contribution in [1.82, 2.24) is 4.98 Å². The third-order valence-electron chi connectivity index (χ3n) is 7.45. The largest absolute Gasteiger partial charge is 0.586 e. The van der Waals surface area contributed by atoms with Gasteiger partial charge in [0.15, 0.2) is 11.5 Å². The number of pyridine rings is 1. The molecule has 0 radical (unpaired) electrons. The molecule has 1 amide bonds. The zero-order valence-corrected chi connectivity index (χ0v) is 20.4. The molecule has 2 aliphatic carbocycles. The first-order valence-corrected chi connectivity index (χ1v) is 12.6. The van der Waals surface area contributed by atoms with Gasteiger partial charge < -0.3 is 14.8 Å². The van der Waals surface area contributed by atoms with Gasteiger partial charge in [0, 0.05) is 33.3 Å². The molecule has 2 aromatic carbocycles. The van der Waals surface area contributed by atoms with Crippen LogP contribution in [0.4, 0.5) is 14.5 Å². The number of benzene rings is 2. The lowest BCUT2D eigenvalue weighted by Crippen LogP contribution is -2.25. The van der Waals surface area contributed by atoms with Gasteiger partial charge in [-0.15, -0.1) is 8.78 Å². The third kappa shape index (κ3) is 4.21. The Morgan fingerprint density at radius 1 is 1.03 bits per heavy atom. The van der Waals surface area contributed by atoms with E-state index in [1.807, 2.05) is 6.20 Å². The van der Waals surface area contributed by atoms with E-state index in [0.29, 0.717) is 35.8 Å². The Balaban J connectivity index is 1.07. The van der Waals surface area contributed by atoms with E-state index in [-0.39, 0.29) is 17.4 Å². The minimum Gasteiger partial charge on any atom is -0.395 e. The van der Waals surface area contributed by atoms with Gasteiger partial charge in [0.05, 0.1) is 5.52 Å². The fraction of sp³-hybridized carbons (Fsp3) is 0.385. The lowest BCUT2D eigenvalue weighted by atomic mass is 9.89. The Bertz CT molecular complexity index is 1270. The number of hydrogen-bond donors (Lipinski definition) is 1. The average molecular weight is 576 g/mol. The summed E-state index contributed by atoms with van der Waals surface area (Å²) in [6, 6.07) is 12.9. The number of carbonyl (C=O) groups excluding carboxylic acids is 1. The molecule has 2 fully saturated rings. The Morgan fingerprint density at radius 3 is 2.59 bits per heavy atom. The number of nitrogens with zero attached hydrogens (tertiary/aromatic N) is 1. The molecule has 3 aromatic rings. The molecule has 1 aliphatic heterocycles. The summed E-state index contributed by atoms with van der Waals surface area (Å²) in [4.78, 5) is 17.2. The molecule has 176 valence electrons. The lowest BCUT2D eigenvalue weighted by molar-refractivity contribution is -0.286. The minimum absolute atomic E-state index is 0.0298. The number of ether oxygens (including phenoxy) is 2. The number of anilines is 1. The number of carbonyl (C=O) groups is 1. The summed E-state index contributed by atoms with van der Waals surface area (Å²) in [5.74, 6) is 1.98. The first-order valence-electron chi connectivity index (χ1n) is 11.6. The maximum Gasteiger partial charge on any atom is 0.586 e. The third-order valence-corrected chi connectivity index (χ3v) is 8.12. The molecular weight excluding hydrogens is 553 g/mol. The topological polar surface area (TPSA) is 60.5 Å². The zero-order chi connectivity index (χ0) is 23.4. The number of halogens is 3. The zero-order valence-electron chi connectivity index (χ0n) is 18.3. The molecule has 0 bridgehead atoms. The van der Waals surface area contributed by atoms with Crippen molar-refractivity contribution in [2.75, 3.05) is 5.32 Å². The first kappa shape index (κ1) is 22.0. The summed E-state index contributed by atoms with van der Waals surface area (Å²) >= 11 is 2.35. The molecule has 8 heteroatoms. The highest BCUT2D eigenvalue weighted by Gasteiger charge is 2.44. The van der Waals surface area contributed by atoms with Gasteiger partial charge in [0.25, 0.3) is 0 Å². The second kappa shape index (κ2) is 8.32. The van der Waals surface area contributed by atoms with E-state index in [9.17, 15) is 13.6 Å². The quantitative estimate of drug-likeness (QED) is 0.351. The van der Waals surface area contributed by atoms with Crippen molar-refractivity contribution in [3.05, 3.63) is 57.8 Å². The predicted molar refractivity (Wildman–Crippen MR) is 132 cm³/mol. The van der Waals surface area contributed by atoms with Gasteiger partial charge in [-0.3, -0.25) is 9.78 Å². The van der Waals surface area contributed by atoms with Crippen LogP contribution < -0.4 is 14.8 Å². The molecule has 2 unspecified atom stereocenters. The van der Waals surface area contributed by atoms with Crippen LogP contribution >= 0.6 is 22.6 Å². The van der Waals surface area contributed by atoms with Crippen molar-refractivity contribution < 1.29 is 23.0 Å². The molecule has 1 aromatic heterocycles. The van der Waals surface area contributed by atoms with Gasteiger partial charge in [-0.1, -0.05) is 0 Å². The Hall–Kier alpha value is -2.49. The summed E-state index contributed by atoms with van der Waals surface area (Å²) in [6.07, 6.45) is 3.13. The first-order chi connectivity index (χ1) is 16.3. The summed E-state index contributed by atoms with van der Waals surface area (Å²) in [5, 5.41) is 4.09. The maximum absolute atomic E-state index is 13.2. The van der Waals surface area contributed by atoms with Gasteiger partial charge in [-0.25, -0.2) is 0 Å². The molecular formula is C26H23F2IN2O3. The van der Waals surface area contributed by atoms with Crippen LogP contribution in [0.1, 0.15) is 43.6 Å². The van der Waals surface area contributed by atoms with E-state index in [2.05, 4.69) is 66.6 Å². The monoisotopic (exact) mass is 576 g/mol. The number of amides is 1. The summed E-state index contributed by atoms with van der Waals surface area (Å²) in [6.45, 7) is 0. The van der Waals surface area contributed by atoms with Crippen molar-refractivity contribution in [3.63, 3.8) is 0 Å². The highest BCUT2D eigenvalue weighted by Crippen LogP contribution is 2.54. The highest BCUT2D eigenvalue weighted by atomic mass is 127. The molecule has 0 saturated heterocycles. The highest BCUT2D eigenvalue weighted by molar-refractivity contribution is 14.1. The van der Waals surface area contributed by atoms with Gasteiger partial charge in [0.2, 0.25) is 5.91 Å². The van der Waals surface area contributed by atoms with E-state index >= 15 is 0 Å². The second-order valence-corrected chi connectivity index (χ2v) is 10.9. The molecule has 5 nitrogen and oxygen atoms in total. The molecule has 4 atom stereocenters. The molecule has 34 heavy (non-hydrogen) atoms. The van der Waals surface area contributed by atoms with Crippen molar-refractivity contribution in [3.8, 4) is 11.5 Å². The van der Waals surface area contributed by atoms with E-state index in [1.54, 1.807) is 6.07 Å². The number of rotatable bonds is 4. The van der Waals surface area contributed by atoms with E-state index in [0.717, 1.165) is 31.2 Å². The Labute approximate surface area is 209 Å². The van der Waals surface area contributed by atoms with Crippen LogP contribution in [-0.4, -0.2) is 17.2 Å². The maximum atomic E-state index is 13.2. The summed E-state index contributed by atoms with van der Waals surface area (Å²) in [7, 11) is 0. The normalized spacial score (nSPS) is 26.6. The molecule has 1 N–H and O–H groups in total. The summed E-state index contributed by atoms with van der Waals surface area (Å²) in [5.41, 5.74) is 2.89. The Morgan fingerprint density at radius 2 is 1.79 bits per heavy atom. The fourth-order valence-corrected chi connectivity index (χ4v) is 6.65. The van der Waals surface area contributed by atoms with Crippen LogP contribution in [0.5, 0.6) is 11.5 Å². The number of fused-ring (bicyclic) bond motifs is 3. The van der Waals surface area contributed by atoms with Gasteiger partial charge >= 0.3 is 6.29 Å². The average Bonchev–Trinajstić information content (AvgIpc) is 3.42. The number of aromatic nitrogens is 1. The Kier molecular flexibility index (Phi) is 5.38. The van der Waals surface area contributed by atoms with Crippen LogP contribution in [0.3, 0.4) is 0 Å². The second-order valence-electron chi connectivity index (χ2n) is 9.67. The van der Waals surface area contributed by atoms with Crippen LogP contribution in [0.15, 0.2) is 48.7 Å². The van der Waals surface area contributed by atoms with Crippen LogP contribution in [0, 0.1) is 21.3 Å². The van der Waals surface area contributed by atoms with Crippen molar-refractivity contribution in [2.45, 2.75) is 44.3 Å². The summed E-state index contributed by atoms with van der Waals surface area (Å²) < 4.78 is 36.5. The number of hydrogen-bond acceptors (Lipinski definition) is 4. The number of alkyl halides is 2. The predicted octanol–water partition coefficient (Wildman–Crippen LogP) is 6.71. The fourth-order valence-electron chi connectivity index (χ4n) is 6.16. The lowest BCUT2D eigenvalue weighted by Gasteiger charge is -2.17.